The maximum absolute atomic E-state index is 10.4. The highest BCUT2D eigenvalue weighted by molar-refractivity contribution is 5.42. The molecule has 0 bridgehead atoms. The average molecular weight is 268 g/mol. The quantitative estimate of drug-likeness (QED) is 0.841. The number of hydrogen-bond acceptors (Lipinski definition) is 2. The number of hydrogen-bond donors (Lipinski definition) is 1. The third-order valence-electron chi connectivity index (χ3n) is 4.01. The number of aliphatic hydroxyl groups is 1. The molecule has 2 nitrogen and oxygen atoms in total. The number of fused-ring (bicyclic) bond motifs is 1. The van der Waals surface area contributed by atoms with Crippen molar-refractivity contribution in [1.29, 1.82) is 0 Å². The molecule has 2 atom stereocenters. The Labute approximate surface area is 120 Å². The summed E-state index contributed by atoms with van der Waals surface area (Å²) in [6, 6.07) is 12.4. The molecule has 0 saturated carbocycles. The molecule has 0 fully saturated rings. The van der Waals surface area contributed by atoms with E-state index in [2.05, 4.69) is 32.0 Å². The topological polar surface area (TPSA) is 29.5 Å². The monoisotopic (exact) mass is 268 g/mol. The highest BCUT2D eigenvalue weighted by Gasteiger charge is 2.28. The van der Waals surface area contributed by atoms with Crippen molar-refractivity contribution in [2.75, 3.05) is 0 Å². The van der Waals surface area contributed by atoms with Crippen molar-refractivity contribution in [3.8, 4) is 5.75 Å². The lowest BCUT2D eigenvalue weighted by molar-refractivity contribution is 0.0654. The van der Waals surface area contributed by atoms with Gasteiger partial charge < -0.3 is 9.84 Å². The molecule has 104 valence electrons. The smallest absolute Gasteiger partial charge is 0.127 e. The van der Waals surface area contributed by atoms with Crippen LogP contribution in [0.1, 0.15) is 46.4 Å². The fourth-order valence-electron chi connectivity index (χ4n) is 2.86. The molecule has 0 spiro atoms. The van der Waals surface area contributed by atoms with E-state index in [0.717, 1.165) is 16.9 Å². The Bertz CT molecular complexity index is 646. The minimum absolute atomic E-state index is 0.0693. The number of ether oxygens (including phenoxy) is 1. The Kier molecular flexibility index (Phi) is 3.27. The van der Waals surface area contributed by atoms with E-state index in [-0.39, 0.29) is 6.10 Å². The van der Waals surface area contributed by atoms with Crippen LogP contribution in [0.25, 0.3) is 0 Å². The minimum atomic E-state index is -0.455. The van der Waals surface area contributed by atoms with E-state index in [1.54, 1.807) is 0 Å². The number of benzene rings is 2. The SMILES string of the molecule is Cc1ccc(C)c(C2C[C@H](O)c3cc(C)ccc3O2)c1. The van der Waals surface area contributed by atoms with Crippen molar-refractivity contribution in [2.45, 2.75) is 39.4 Å². The van der Waals surface area contributed by atoms with Crippen molar-refractivity contribution in [3.63, 3.8) is 0 Å². The van der Waals surface area contributed by atoms with Crippen LogP contribution >= 0.6 is 0 Å². The van der Waals surface area contributed by atoms with Crippen LogP contribution in [0.4, 0.5) is 0 Å². The predicted molar refractivity (Wildman–Crippen MR) is 80.0 cm³/mol. The first kappa shape index (κ1) is 13.2. The summed E-state index contributed by atoms with van der Waals surface area (Å²) in [5.74, 6) is 0.806. The van der Waals surface area contributed by atoms with Gasteiger partial charge in [-0.15, -0.1) is 0 Å². The molecular weight excluding hydrogens is 248 g/mol. The van der Waals surface area contributed by atoms with Gasteiger partial charge >= 0.3 is 0 Å². The molecule has 0 aromatic heterocycles. The fraction of sp³-hybridized carbons (Fsp3) is 0.333. The zero-order valence-electron chi connectivity index (χ0n) is 12.2. The van der Waals surface area contributed by atoms with E-state index in [9.17, 15) is 5.11 Å². The third-order valence-corrected chi connectivity index (χ3v) is 4.01. The molecular formula is C18H20O2. The van der Waals surface area contributed by atoms with E-state index in [1.807, 2.05) is 25.1 Å². The van der Waals surface area contributed by atoms with E-state index in [0.29, 0.717) is 6.42 Å². The van der Waals surface area contributed by atoms with Gasteiger partial charge in [-0.1, -0.05) is 35.4 Å². The lowest BCUT2D eigenvalue weighted by Crippen LogP contribution is -2.20. The van der Waals surface area contributed by atoms with Gasteiger partial charge in [0.2, 0.25) is 0 Å². The van der Waals surface area contributed by atoms with Gasteiger partial charge in [-0.05, 0) is 44.0 Å². The van der Waals surface area contributed by atoms with Crippen molar-refractivity contribution < 1.29 is 9.84 Å². The molecule has 0 amide bonds. The molecule has 0 aliphatic carbocycles. The molecule has 0 saturated heterocycles. The summed E-state index contributed by atoms with van der Waals surface area (Å²) in [5, 5.41) is 10.4. The summed E-state index contributed by atoms with van der Waals surface area (Å²) in [4.78, 5) is 0. The standard InChI is InChI=1S/C18H20O2/c1-11-4-6-13(3)14(8-11)18-10-16(19)15-9-12(2)5-7-17(15)20-18/h4-9,16,18-19H,10H2,1-3H3/t16-,18?/m0/s1. The zero-order valence-corrected chi connectivity index (χ0v) is 12.2. The Morgan fingerprint density at radius 3 is 2.35 bits per heavy atom. The molecule has 2 aromatic carbocycles. The minimum Gasteiger partial charge on any atom is -0.485 e. The lowest BCUT2D eigenvalue weighted by atomic mass is 9.91. The van der Waals surface area contributed by atoms with Gasteiger partial charge in [0.25, 0.3) is 0 Å². The van der Waals surface area contributed by atoms with Crippen molar-refractivity contribution in [1.82, 2.24) is 0 Å². The van der Waals surface area contributed by atoms with Crippen molar-refractivity contribution in [3.05, 3.63) is 64.2 Å². The summed E-state index contributed by atoms with van der Waals surface area (Å²) >= 11 is 0. The molecule has 2 aromatic rings. The summed E-state index contributed by atoms with van der Waals surface area (Å²) in [6.45, 7) is 6.21. The molecule has 1 heterocycles. The first-order valence-electron chi connectivity index (χ1n) is 7.07. The van der Waals surface area contributed by atoms with Gasteiger partial charge in [-0.25, -0.2) is 0 Å². The van der Waals surface area contributed by atoms with Crippen LogP contribution in [-0.4, -0.2) is 5.11 Å². The number of aliphatic hydroxyl groups excluding tert-OH is 1. The second-order valence-electron chi connectivity index (χ2n) is 5.76. The largest absolute Gasteiger partial charge is 0.485 e. The van der Waals surface area contributed by atoms with E-state index in [1.165, 1.54) is 16.7 Å². The maximum Gasteiger partial charge on any atom is 0.127 e. The van der Waals surface area contributed by atoms with Crippen LogP contribution < -0.4 is 4.74 Å². The fourth-order valence-corrected chi connectivity index (χ4v) is 2.86. The van der Waals surface area contributed by atoms with Crippen LogP contribution in [0.5, 0.6) is 5.75 Å². The molecule has 20 heavy (non-hydrogen) atoms. The first-order valence-corrected chi connectivity index (χ1v) is 7.07. The van der Waals surface area contributed by atoms with Crippen LogP contribution in [0.3, 0.4) is 0 Å². The van der Waals surface area contributed by atoms with E-state index < -0.39 is 6.10 Å². The zero-order chi connectivity index (χ0) is 14.3. The van der Waals surface area contributed by atoms with Gasteiger partial charge in [0.1, 0.15) is 11.9 Å². The normalized spacial score (nSPS) is 21.2. The molecule has 3 rings (SSSR count). The molecule has 1 unspecified atom stereocenters. The molecule has 1 aliphatic rings. The van der Waals surface area contributed by atoms with Crippen LogP contribution in [0.2, 0.25) is 0 Å². The Morgan fingerprint density at radius 1 is 0.950 bits per heavy atom. The number of rotatable bonds is 1. The third kappa shape index (κ3) is 2.32. The van der Waals surface area contributed by atoms with Gasteiger partial charge in [-0.2, -0.15) is 0 Å². The van der Waals surface area contributed by atoms with E-state index >= 15 is 0 Å². The lowest BCUT2D eigenvalue weighted by Gasteiger charge is -2.31. The maximum atomic E-state index is 10.4. The van der Waals surface area contributed by atoms with Crippen LogP contribution in [0.15, 0.2) is 36.4 Å². The van der Waals surface area contributed by atoms with Gasteiger partial charge in [0, 0.05) is 12.0 Å². The second kappa shape index (κ2) is 4.95. The number of aryl methyl sites for hydroxylation is 3. The second-order valence-corrected chi connectivity index (χ2v) is 5.76. The Morgan fingerprint density at radius 2 is 1.60 bits per heavy atom. The van der Waals surface area contributed by atoms with Gasteiger partial charge in [0.15, 0.2) is 0 Å². The Hall–Kier alpha value is -1.80. The summed E-state index contributed by atoms with van der Waals surface area (Å²) in [6.07, 6.45) is 0.0875. The molecule has 0 radical (unpaired) electrons. The van der Waals surface area contributed by atoms with Crippen LogP contribution in [-0.2, 0) is 0 Å². The first-order chi connectivity index (χ1) is 9.54. The molecule has 1 N–H and O–H groups in total. The predicted octanol–water partition coefficient (Wildman–Crippen LogP) is 4.17. The summed E-state index contributed by atoms with van der Waals surface area (Å²) in [7, 11) is 0. The van der Waals surface area contributed by atoms with Crippen molar-refractivity contribution >= 4 is 0 Å². The van der Waals surface area contributed by atoms with E-state index in [4.69, 9.17) is 4.74 Å². The highest BCUT2D eigenvalue weighted by Crippen LogP contribution is 2.41. The Balaban J connectivity index is 1.99. The highest BCUT2D eigenvalue weighted by atomic mass is 16.5. The summed E-state index contributed by atoms with van der Waals surface area (Å²) < 4.78 is 6.12. The van der Waals surface area contributed by atoms with Crippen LogP contribution in [0, 0.1) is 20.8 Å². The molecule has 2 heteroatoms. The average Bonchev–Trinajstić information content (AvgIpc) is 2.42. The summed E-state index contributed by atoms with van der Waals surface area (Å²) in [5.41, 5.74) is 5.67. The van der Waals surface area contributed by atoms with Gasteiger partial charge in [-0.3, -0.25) is 0 Å². The van der Waals surface area contributed by atoms with Crippen molar-refractivity contribution in [2.24, 2.45) is 0 Å². The molecule has 1 aliphatic heterocycles. The van der Waals surface area contributed by atoms with Gasteiger partial charge in [0.05, 0.1) is 6.10 Å².